The molecule has 0 saturated carbocycles. The number of nitrogens with one attached hydrogen (secondary N) is 1. The Labute approximate surface area is 86.2 Å². The highest BCUT2D eigenvalue weighted by Gasteiger charge is 2.29. The number of hydrogen-bond donors (Lipinski definition) is 1. The lowest BCUT2D eigenvalue weighted by Crippen LogP contribution is -2.37. The molecule has 1 fully saturated rings. The summed E-state index contributed by atoms with van der Waals surface area (Å²) in [6, 6.07) is 0. The number of carbonyl (C=O) groups is 3. The second kappa shape index (κ2) is 4.99. The summed E-state index contributed by atoms with van der Waals surface area (Å²) >= 11 is 1.00. The van der Waals surface area contributed by atoms with Crippen LogP contribution in [0.25, 0.3) is 0 Å². The van der Waals surface area contributed by atoms with E-state index in [4.69, 9.17) is 0 Å². The summed E-state index contributed by atoms with van der Waals surface area (Å²) in [4.78, 5) is 34.2. The fraction of sp³-hybridized carbons (Fsp3) is 0.625. The zero-order chi connectivity index (χ0) is 10.6. The molecule has 1 saturated heterocycles. The van der Waals surface area contributed by atoms with E-state index in [1.807, 2.05) is 0 Å². The van der Waals surface area contributed by atoms with Crippen LogP contribution in [0.3, 0.4) is 0 Å². The second-order valence-corrected chi connectivity index (χ2v) is 3.73. The van der Waals surface area contributed by atoms with Crippen LogP contribution >= 0.6 is 11.8 Å². The van der Waals surface area contributed by atoms with E-state index in [1.54, 1.807) is 6.92 Å². The Morgan fingerprint density at radius 1 is 1.57 bits per heavy atom. The van der Waals surface area contributed by atoms with Crippen LogP contribution < -0.4 is 5.32 Å². The average Bonchev–Trinajstić information content (AvgIpc) is 2.48. The van der Waals surface area contributed by atoms with Gasteiger partial charge in [0.15, 0.2) is 0 Å². The van der Waals surface area contributed by atoms with Gasteiger partial charge in [0.25, 0.3) is 5.24 Å². The number of rotatable bonds is 4. The summed E-state index contributed by atoms with van der Waals surface area (Å²) in [5, 5.41) is 2.38. The highest BCUT2D eigenvalue weighted by atomic mass is 32.2. The minimum absolute atomic E-state index is 0.0725. The summed E-state index contributed by atoms with van der Waals surface area (Å²) in [5.74, 6) is -0.0249. The van der Waals surface area contributed by atoms with E-state index >= 15 is 0 Å². The third-order valence-corrected chi connectivity index (χ3v) is 2.68. The van der Waals surface area contributed by atoms with Crippen molar-refractivity contribution in [2.24, 2.45) is 0 Å². The van der Waals surface area contributed by atoms with Crippen LogP contribution in [0, 0.1) is 0 Å². The SMILES string of the molecule is CCC(=O)NCCN1C(=O)CSC1=O. The third kappa shape index (κ3) is 2.73. The molecule has 0 aromatic rings. The molecule has 0 radical (unpaired) electrons. The van der Waals surface area contributed by atoms with Gasteiger partial charge >= 0.3 is 0 Å². The van der Waals surface area contributed by atoms with E-state index in [0.717, 1.165) is 11.8 Å². The third-order valence-electron chi connectivity index (χ3n) is 1.82. The smallest absolute Gasteiger partial charge is 0.288 e. The standard InChI is InChI=1S/C8H12N2O3S/c1-2-6(11)9-3-4-10-7(12)5-14-8(10)13/h2-5H2,1H3,(H,9,11). The molecule has 5 nitrogen and oxygen atoms in total. The highest BCUT2D eigenvalue weighted by Crippen LogP contribution is 2.17. The average molecular weight is 216 g/mol. The van der Waals surface area contributed by atoms with Crippen LogP contribution in [0.1, 0.15) is 13.3 Å². The Morgan fingerprint density at radius 2 is 2.29 bits per heavy atom. The minimum Gasteiger partial charge on any atom is -0.354 e. The molecule has 3 amide bonds. The molecular formula is C8H12N2O3S. The maximum absolute atomic E-state index is 11.1. The molecule has 1 aliphatic rings. The molecule has 0 spiro atoms. The molecule has 1 rings (SSSR count). The first kappa shape index (κ1) is 11.0. The van der Waals surface area contributed by atoms with Crippen molar-refractivity contribution in [1.29, 1.82) is 0 Å². The summed E-state index contributed by atoms with van der Waals surface area (Å²) in [5.41, 5.74) is 0. The van der Waals surface area contributed by atoms with Gasteiger partial charge in [0.2, 0.25) is 11.8 Å². The molecule has 0 aromatic heterocycles. The van der Waals surface area contributed by atoms with Gasteiger partial charge in [-0.15, -0.1) is 0 Å². The van der Waals surface area contributed by atoms with Crippen LogP contribution in [0.2, 0.25) is 0 Å². The molecule has 1 heterocycles. The molecule has 78 valence electrons. The summed E-state index contributed by atoms with van der Waals surface area (Å²) < 4.78 is 0. The lowest BCUT2D eigenvalue weighted by atomic mass is 10.4. The van der Waals surface area contributed by atoms with Crippen molar-refractivity contribution >= 4 is 28.8 Å². The molecule has 0 aromatic carbocycles. The topological polar surface area (TPSA) is 66.5 Å². The number of amides is 3. The van der Waals surface area contributed by atoms with Crippen molar-refractivity contribution in [3.05, 3.63) is 0 Å². The lowest BCUT2D eigenvalue weighted by Gasteiger charge is -2.12. The highest BCUT2D eigenvalue weighted by molar-refractivity contribution is 8.14. The second-order valence-electron chi connectivity index (χ2n) is 2.80. The lowest BCUT2D eigenvalue weighted by molar-refractivity contribution is -0.125. The maximum atomic E-state index is 11.1. The number of nitrogens with zero attached hydrogens (tertiary/aromatic N) is 1. The predicted molar refractivity (Wildman–Crippen MR) is 52.9 cm³/mol. The number of imide groups is 1. The number of carbonyl (C=O) groups excluding carboxylic acids is 3. The van der Waals surface area contributed by atoms with Crippen molar-refractivity contribution < 1.29 is 14.4 Å². The van der Waals surface area contributed by atoms with E-state index in [-0.39, 0.29) is 29.4 Å². The zero-order valence-electron chi connectivity index (χ0n) is 7.91. The molecule has 1 aliphatic heterocycles. The normalized spacial score (nSPS) is 16.2. The minimum atomic E-state index is -0.222. The van der Waals surface area contributed by atoms with Crippen molar-refractivity contribution in [2.75, 3.05) is 18.8 Å². The Kier molecular flexibility index (Phi) is 3.94. The number of hydrogen-bond acceptors (Lipinski definition) is 4. The van der Waals surface area contributed by atoms with Crippen LogP contribution in [-0.2, 0) is 9.59 Å². The largest absolute Gasteiger partial charge is 0.354 e. The van der Waals surface area contributed by atoms with Gasteiger partial charge in [-0.2, -0.15) is 0 Å². The zero-order valence-corrected chi connectivity index (χ0v) is 8.73. The van der Waals surface area contributed by atoms with Gasteiger partial charge in [0.05, 0.1) is 5.75 Å². The van der Waals surface area contributed by atoms with E-state index in [1.165, 1.54) is 4.90 Å². The fourth-order valence-electron chi connectivity index (χ4n) is 1.03. The van der Waals surface area contributed by atoms with Gasteiger partial charge in [-0.05, 0) is 0 Å². The van der Waals surface area contributed by atoms with Crippen molar-refractivity contribution in [3.63, 3.8) is 0 Å². The Morgan fingerprint density at radius 3 is 2.79 bits per heavy atom. The van der Waals surface area contributed by atoms with E-state index in [2.05, 4.69) is 5.32 Å². The van der Waals surface area contributed by atoms with Gasteiger partial charge < -0.3 is 5.32 Å². The molecule has 0 unspecified atom stereocenters. The number of thioether (sulfide) groups is 1. The van der Waals surface area contributed by atoms with Crippen LogP contribution in [0.4, 0.5) is 4.79 Å². The van der Waals surface area contributed by atoms with Gasteiger partial charge in [-0.25, -0.2) is 0 Å². The Bertz CT molecular complexity index is 251. The van der Waals surface area contributed by atoms with E-state index < -0.39 is 0 Å². The molecule has 6 heteroatoms. The summed E-state index contributed by atoms with van der Waals surface area (Å²) in [6.07, 6.45) is 0.413. The fourth-order valence-corrected chi connectivity index (χ4v) is 1.78. The quantitative estimate of drug-likeness (QED) is 0.729. The van der Waals surface area contributed by atoms with Gasteiger partial charge in [-0.1, -0.05) is 18.7 Å². The molecule has 0 atom stereocenters. The van der Waals surface area contributed by atoms with Crippen LogP contribution in [0.15, 0.2) is 0 Å². The maximum Gasteiger partial charge on any atom is 0.288 e. The first-order chi connectivity index (χ1) is 6.65. The molecule has 0 bridgehead atoms. The monoisotopic (exact) mass is 216 g/mol. The van der Waals surface area contributed by atoms with E-state index in [0.29, 0.717) is 13.0 Å². The molecule has 0 aliphatic carbocycles. The summed E-state index contributed by atoms with van der Waals surface area (Å²) in [6.45, 7) is 2.36. The van der Waals surface area contributed by atoms with Crippen molar-refractivity contribution in [3.8, 4) is 0 Å². The van der Waals surface area contributed by atoms with Crippen LogP contribution in [0.5, 0.6) is 0 Å². The Balaban J connectivity index is 2.27. The molecule has 14 heavy (non-hydrogen) atoms. The predicted octanol–water partition coefficient (Wildman–Crippen LogP) is 0.208. The van der Waals surface area contributed by atoms with Gasteiger partial charge in [0, 0.05) is 19.5 Å². The first-order valence-electron chi connectivity index (χ1n) is 4.39. The van der Waals surface area contributed by atoms with Gasteiger partial charge in [0.1, 0.15) is 0 Å². The van der Waals surface area contributed by atoms with Crippen LogP contribution in [-0.4, -0.2) is 40.8 Å². The Hall–Kier alpha value is -1.04. The van der Waals surface area contributed by atoms with E-state index in [9.17, 15) is 14.4 Å². The molecule has 1 N–H and O–H groups in total. The summed E-state index contributed by atoms with van der Waals surface area (Å²) in [7, 11) is 0. The first-order valence-corrected chi connectivity index (χ1v) is 5.37. The molecular weight excluding hydrogens is 204 g/mol. The van der Waals surface area contributed by atoms with Crippen molar-refractivity contribution in [2.45, 2.75) is 13.3 Å². The van der Waals surface area contributed by atoms with Crippen molar-refractivity contribution in [1.82, 2.24) is 10.2 Å². The van der Waals surface area contributed by atoms with Gasteiger partial charge in [-0.3, -0.25) is 19.3 Å².